The van der Waals surface area contributed by atoms with E-state index in [-0.39, 0.29) is 0 Å². The summed E-state index contributed by atoms with van der Waals surface area (Å²) in [4.78, 5) is 12.1. The van der Waals surface area contributed by atoms with Gasteiger partial charge in [0.15, 0.2) is 0 Å². The molecule has 1 aromatic carbocycles. The Morgan fingerprint density at radius 2 is 2.14 bits per heavy atom. The van der Waals surface area contributed by atoms with Gasteiger partial charge in [0.25, 0.3) is 0 Å². The van der Waals surface area contributed by atoms with Crippen LogP contribution in [0.4, 0.5) is 0 Å². The van der Waals surface area contributed by atoms with Crippen molar-refractivity contribution in [2.24, 2.45) is 0 Å². The Labute approximate surface area is 90.8 Å². The molecule has 14 heavy (non-hydrogen) atoms. The van der Waals surface area contributed by atoms with Crippen molar-refractivity contribution in [2.45, 2.75) is 4.90 Å². The lowest BCUT2D eigenvalue weighted by atomic mass is 10.2. The third-order valence-electron chi connectivity index (χ3n) is 1.67. The molecule has 0 heterocycles. The lowest BCUT2D eigenvalue weighted by Gasteiger charge is -2.07. The molecule has 0 N–H and O–H groups in total. The van der Waals surface area contributed by atoms with Crippen molar-refractivity contribution in [1.29, 1.82) is 0 Å². The number of hydrogen-bond acceptors (Lipinski definition) is 4. The van der Waals surface area contributed by atoms with E-state index in [1.807, 2.05) is 0 Å². The molecular formula is C9H9ClO3S. The number of esters is 1. The van der Waals surface area contributed by atoms with E-state index >= 15 is 0 Å². The fourth-order valence-corrected chi connectivity index (χ4v) is 1.56. The molecule has 3 nitrogen and oxygen atoms in total. The zero-order valence-corrected chi connectivity index (χ0v) is 9.32. The summed E-state index contributed by atoms with van der Waals surface area (Å²) in [6.45, 7) is 0. The van der Waals surface area contributed by atoms with Crippen molar-refractivity contribution in [1.82, 2.24) is 0 Å². The second-order valence-corrected chi connectivity index (χ2v) is 3.52. The first-order valence-corrected chi connectivity index (χ1v) is 5.42. The van der Waals surface area contributed by atoms with Crippen LogP contribution in [0.5, 0.6) is 5.75 Å². The summed E-state index contributed by atoms with van der Waals surface area (Å²) in [7, 11) is 9.45. The minimum Gasteiger partial charge on any atom is -0.496 e. The molecule has 0 radical (unpaired) electrons. The maximum absolute atomic E-state index is 11.3. The zero-order chi connectivity index (χ0) is 10.6. The van der Waals surface area contributed by atoms with Crippen LogP contribution in [0.15, 0.2) is 23.1 Å². The van der Waals surface area contributed by atoms with Crippen molar-refractivity contribution in [2.75, 3.05) is 14.2 Å². The number of carbonyl (C=O) groups excluding carboxylic acids is 1. The van der Waals surface area contributed by atoms with Gasteiger partial charge >= 0.3 is 5.97 Å². The maximum Gasteiger partial charge on any atom is 0.341 e. The monoisotopic (exact) mass is 232 g/mol. The van der Waals surface area contributed by atoms with Gasteiger partial charge in [-0.25, -0.2) is 4.79 Å². The molecule has 0 atom stereocenters. The van der Waals surface area contributed by atoms with E-state index in [1.54, 1.807) is 18.2 Å². The highest BCUT2D eigenvalue weighted by molar-refractivity contribution is 8.21. The average Bonchev–Trinajstić information content (AvgIpc) is 2.27. The highest BCUT2D eigenvalue weighted by Crippen LogP contribution is 2.28. The van der Waals surface area contributed by atoms with E-state index in [4.69, 9.17) is 15.4 Å². The van der Waals surface area contributed by atoms with Crippen LogP contribution in [0.3, 0.4) is 0 Å². The minimum atomic E-state index is -0.423. The predicted octanol–water partition coefficient (Wildman–Crippen LogP) is 2.73. The van der Waals surface area contributed by atoms with Crippen LogP contribution in [0.2, 0.25) is 0 Å². The standard InChI is InChI=1S/C9H9ClO3S/c1-12-8-5-6(14-10)3-4-7(8)9(11)13-2/h3-5H,1-2H3. The van der Waals surface area contributed by atoms with Gasteiger partial charge in [-0.1, -0.05) is 0 Å². The molecule has 0 aliphatic heterocycles. The highest BCUT2D eigenvalue weighted by atomic mass is 35.7. The quantitative estimate of drug-likeness (QED) is 0.751. The second kappa shape index (κ2) is 5.12. The molecule has 0 aliphatic carbocycles. The van der Waals surface area contributed by atoms with E-state index < -0.39 is 5.97 Å². The third kappa shape index (κ3) is 2.33. The minimum absolute atomic E-state index is 0.393. The largest absolute Gasteiger partial charge is 0.496 e. The molecule has 0 amide bonds. The maximum atomic E-state index is 11.3. The fraction of sp³-hybridized carbons (Fsp3) is 0.222. The first kappa shape index (κ1) is 11.2. The number of benzene rings is 1. The van der Waals surface area contributed by atoms with Crippen LogP contribution in [0.1, 0.15) is 10.4 Å². The third-order valence-corrected chi connectivity index (χ3v) is 2.63. The first-order chi connectivity index (χ1) is 6.72. The van der Waals surface area contributed by atoms with Crippen LogP contribution in [0, 0.1) is 0 Å². The average molecular weight is 233 g/mol. The Morgan fingerprint density at radius 1 is 1.43 bits per heavy atom. The van der Waals surface area contributed by atoms with Crippen molar-refractivity contribution in [3.05, 3.63) is 23.8 Å². The van der Waals surface area contributed by atoms with Gasteiger partial charge in [-0.05, 0) is 39.9 Å². The van der Waals surface area contributed by atoms with Gasteiger partial charge in [-0.2, -0.15) is 0 Å². The summed E-state index contributed by atoms with van der Waals surface area (Å²) in [5.74, 6) is 0.0375. The summed E-state index contributed by atoms with van der Waals surface area (Å²) in [6, 6.07) is 5.03. The van der Waals surface area contributed by atoms with Crippen LogP contribution < -0.4 is 4.74 Å². The van der Waals surface area contributed by atoms with Gasteiger partial charge < -0.3 is 9.47 Å². The Hall–Kier alpha value is -0.870. The molecule has 0 spiro atoms. The van der Waals surface area contributed by atoms with Crippen molar-refractivity contribution in [3.8, 4) is 5.75 Å². The highest BCUT2D eigenvalue weighted by Gasteiger charge is 2.12. The van der Waals surface area contributed by atoms with E-state index in [0.717, 1.165) is 15.9 Å². The van der Waals surface area contributed by atoms with Gasteiger partial charge in [0.2, 0.25) is 0 Å². The predicted molar refractivity (Wildman–Crippen MR) is 56.0 cm³/mol. The number of rotatable bonds is 3. The normalized spacial score (nSPS) is 9.64. The topological polar surface area (TPSA) is 35.5 Å². The molecular weight excluding hydrogens is 224 g/mol. The molecule has 76 valence electrons. The lowest BCUT2D eigenvalue weighted by Crippen LogP contribution is -2.03. The van der Waals surface area contributed by atoms with E-state index in [0.29, 0.717) is 11.3 Å². The van der Waals surface area contributed by atoms with Gasteiger partial charge in [0.05, 0.1) is 14.2 Å². The molecule has 0 unspecified atom stereocenters. The van der Waals surface area contributed by atoms with Gasteiger partial charge in [-0.15, -0.1) is 0 Å². The molecule has 0 saturated heterocycles. The SMILES string of the molecule is COC(=O)c1ccc(SCl)cc1OC. The van der Waals surface area contributed by atoms with Crippen LogP contribution in [0.25, 0.3) is 0 Å². The molecule has 1 rings (SSSR count). The van der Waals surface area contributed by atoms with Crippen molar-refractivity contribution >= 4 is 27.6 Å². The number of halogens is 1. The van der Waals surface area contributed by atoms with Gasteiger partial charge in [0.1, 0.15) is 11.3 Å². The van der Waals surface area contributed by atoms with Crippen molar-refractivity contribution in [3.63, 3.8) is 0 Å². The van der Waals surface area contributed by atoms with Crippen LogP contribution >= 0.6 is 21.7 Å². The molecule has 0 aromatic heterocycles. The van der Waals surface area contributed by atoms with E-state index in [1.165, 1.54) is 14.2 Å². The lowest BCUT2D eigenvalue weighted by molar-refractivity contribution is 0.0597. The molecule has 0 fully saturated rings. The van der Waals surface area contributed by atoms with Gasteiger partial charge in [-0.3, -0.25) is 0 Å². The summed E-state index contributed by atoms with van der Waals surface area (Å²) < 4.78 is 9.63. The number of methoxy groups -OCH3 is 2. The molecule has 0 bridgehead atoms. The fourth-order valence-electron chi connectivity index (χ4n) is 0.998. The summed E-state index contributed by atoms with van der Waals surface area (Å²) >= 11 is 0. The Morgan fingerprint density at radius 3 is 2.64 bits per heavy atom. The summed E-state index contributed by atoms with van der Waals surface area (Å²) in [5.41, 5.74) is 0.393. The molecule has 0 saturated carbocycles. The smallest absolute Gasteiger partial charge is 0.341 e. The molecule has 0 aliphatic rings. The number of hydrogen-bond donors (Lipinski definition) is 0. The number of carbonyl (C=O) groups is 1. The van der Waals surface area contributed by atoms with Gasteiger partial charge in [0, 0.05) is 4.90 Å². The second-order valence-electron chi connectivity index (χ2n) is 2.43. The van der Waals surface area contributed by atoms with E-state index in [2.05, 4.69) is 4.74 Å². The first-order valence-electron chi connectivity index (χ1n) is 3.78. The Balaban J connectivity index is 3.11. The van der Waals surface area contributed by atoms with Crippen LogP contribution in [-0.2, 0) is 4.74 Å². The summed E-state index contributed by atoms with van der Waals surface area (Å²) in [5, 5.41) is 0. The molecule has 5 heteroatoms. The Kier molecular flexibility index (Phi) is 4.10. The van der Waals surface area contributed by atoms with Crippen LogP contribution in [-0.4, -0.2) is 20.2 Å². The van der Waals surface area contributed by atoms with E-state index in [9.17, 15) is 4.79 Å². The zero-order valence-electron chi connectivity index (χ0n) is 7.74. The number of ether oxygens (including phenoxy) is 2. The van der Waals surface area contributed by atoms with Crippen molar-refractivity contribution < 1.29 is 14.3 Å². The summed E-state index contributed by atoms with van der Waals surface area (Å²) in [6.07, 6.45) is 0. The Bertz CT molecular complexity index is 341. The molecule has 1 aromatic rings.